The minimum atomic E-state index is -0.660. The molecule has 0 aliphatic heterocycles. The summed E-state index contributed by atoms with van der Waals surface area (Å²) >= 11 is 0. The summed E-state index contributed by atoms with van der Waals surface area (Å²) in [5.41, 5.74) is 1.39. The van der Waals surface area contributed by atoms with Gasteiger partial charge >= 0.3 is 5.97 Å². The Hall–Kier alpha value is -2.89. The zero-order valence-corrected chi connectivity index (χ0v) is 11.3. The lowest BCUT2D eigenvalue weighted by atomic mass is 10.1. The van der Waals surface area contributed by atoms with E-state index < -0.39 is 11.5 Å². The van der Waals surface area contributed by atoms with Gasteiger partial charge in [-0.25, -0.2) is 9.89 Å². The summed E-state index contributed by atoms with van der Waals surface area (Å²) in [7, 11) is 0. The number of hydrogen-bond acceptors (Lipinski definition) is 5. The number of carbonyl (C=O) groups is 1. The predicted octanol–water partition coefficient (Wildman–Crippen LogP) is 2.36. The van der Waals surface area contributed by atoms with Crippen molar-refractivity contribution in [2.24, 2.45) is 0 Å². The van der Waals surface area contributed by atoms with Gasteiger partial charge in [0, 0.05) is 10.9 Å². The van der Waals surface area contributed by atoms with Crippen molar-refractivity contribution in [3.8, 4) is 11.3 Å². The van der Waals surface area contributed by atoms with Crippen molar-refractivity contribution in [2.45, 2.75) is 6.92 Å². The Kier molecular flexibility index (Phi) is 3.27. The van der Waals surface area contributed by atoms with Gasteiger partial charge in [-0.1, -0.05) is 0 Å². The van der Waals surface area contributed by atoms with E-state index in [-0.39, 0.29) is 12.2 Å². The zero-order valence-electron chi connectivity index (χ0n) is 11.3. The van der Waals surface area contributed by atoms with E-state index in [1.54, 1.807) is 19.3 Å². The van der Waals surface area contributed by atoms with Crippen LogP contribution in [-0.2, 0) is 4.74 Å². The van der Waals surface area contributed by atoms with Crippen molar-refractivity contribution in [1.29, 1.82) is 0 Å². The first-order chi connectivity index (χ1) is 10.2. The van der Waals surface area contributed by atoms with Crippen LogP contribution in [0.1, 0.15) is 17.3 Å². The van der Waals surface area contributed by atoms with Gasteiger partial charge in [-0.2, -0.15) is 5.10 Å². The smallest absolute Gasteiger partial charge is 0.343 e. The molecular formula is C15H12N2O4. The quantitative estimate of drug-likeness (QED) is 0.746. The number of nitrogens with zero attached hydrogens (tertiary/aromatic N) is 1. The molecule has 0 aliphatic carbocycles. The largest absolute Gasteiger partial charge is 0.464 e. The van der Waals surface area contributed by atoms with Gasteiger partial charge in [-0.05, 0) is 37.3 Å². The molecule has 1 N–H and O–H groups in total. The van der Waals surface area contributed by atoms with Crippen LogP contribution in [0.3, 0.4) is 0 Å². The number of nitrogens with one attached hydrogen (secondary N) is 1. The van der Waals surface area contributed by atoms with Gasteiger partial charge in [0.05, 0.1) is 18.6 Å². The third-order valence-corrected chi connectivity index (χ3v) is 3.05. The lowest BCUT2D eigenvalue weighted by Gasteiger charge is -2.04. The molecule has 0 fully saturated rings. The number of fused-ring (bicyclic) bond motifs is 1. The number of aromatic amines is 1. The van der Waals surface area contributed by atoms with E-state index in [0.29, 0.717) is 5.69 Å². The Morgan fingerprint density at radius 3 is 3.00 bits per heavy atom. The highest BCUT2D eigenvalue weighted by atomic mass is 16.5. The molecule has 0 saturated carbocycles. The minimum Gasteiger partial charge on any atom is -0.464 e. The van der Waals surface area contributed by atoms with Crippen LogP contribution >= 0.6 is 0 Å². The highest BCUT2D eigenvalue weighted by Crippen LogP contribution is 2.23. The van der Waals surface area contributed by atoms with Crippen LogP contribution in [0.4, 0.5) is 0 Å². The molecule has 106 valence electrons. The van der Waals surface area contributed by atoms with Gasteiger partial charge in [-0.3, -0.25) is 4.79 Å². The van der Waals surface area contributed by atoms with Crippen LogP contribution in [0.5, 0.6) is 0 Å². The molecule has 0 amide bonds. The molecule has 6 nitrogen and oxygen atoms in total. The highest BCUT2D eigenvalue weighted by molar-refractivity contribution is 5.90. The van der Waals surface area contributed by atoms with Crippen LogP contribution in [0.15, 0.2) is 45.8 Å². The van der Waals surface area contributed by atoms with Crippen molar-refractivity contribution in [1.82, 2.24) is 10.2 Å². The summed E-state index contributed by atoms with van der Waals surface area (Å²) in [6.45, 7) is 1.89. The van der Waals surface area contributed by atoms with Crippen molar-refractivity contribution in [3.63, 3.8) is 0 Å². The number of esters is 1. The second-order valence-electron chi connectivity index (χ2n) is 4.39. The van der Waals surface area contributed by atoms with Gasteiger partial charge in [-0.15, -0.1) is 0 Å². The molecule has 3 rings (SSSR count). The molecule has 0 spiro atoms. The van der Waals surface area contributed by atoms with Crippen molar-refractivity contribution >= 4 is 16.9 Å². The molecule has 0 saturated heterocycles. The molecule has 2 heterocycles. The van der Waals surface area contributed by atoms with E-state index in [1.807, 2.05) is 18.2 Å². The Bertz CT molecular complexity index is 863. The SMILES string of the molecule is CCOC(=O)c1cc(-c2ccc3occc3c2)n[nH]c1=O. The van der Waals surface area contributed by atoms with Crippen LogP contribution in [0.25, 0.3) is 22.2 Å². The van der Waals surface area contributed by atoms with Crippen molar-refractivity contribution in [3.05, 3.63) is 52.5 Å². The third-order valence-electron chi connectivity index (χ3n) is 3.05. The standard InChI is InChI=1S/C15H12N2O4/c1-2-20-15(19)11-8-12(16-17-14(11)18)9-3-4-13-10(7-9)5-6-21-13/h3-8H,2H2,1H3,(H,17,18). The molecule has 2 aromatic heterocycles. The lowest BCUT2D eigenvalue weighted by molar-refractivity contribution is 0.0524. The molecule has 3 aromatic rings. The number of ether oxygens (including phenoxy) is 1. The fourth-order valence-corrected chi connectivity index (χ4v) is 2.04. The van der Waals surface area contributed by atoms with E-state index in [2.05, 4.69) is 10.2 Å². The monoisotopic (exact) mass is 284 g/mol. The second kappa shape index (κ2) is 5.24. The number of H-pyrrole nitrogens is 1. The maximum absolute atomic E-state index is 11.7. The molecule has 0 unspecified atom stereocenters. The van der Waals surface area contributed by atoms with Crippen molar-refractivity contribution in [2.75, 3.05) is 6.61 Å². The normalized spacial score (nSPS) is 10.7. The molecule has 0 bridgehead atoms. The van der Waals surface area contributed by atoms with Crippen LogP contribution in [0, 0.1) is 0 Å². The molecule has 1 aromatic carbocycles. The van der Waals surface area contributed by atoms with Crippen molar-refractivity contribution < 1.29 is 13.9 Å². The first-order valence-electron chi connectivity index (χ1n) is 6.43. The van der Waals surface area contributed by atoms with E-state index >= 15 is 0 Å². The fraction of sp³-hybridized carbons (Fsp3) is 0.133. The van der Waals surface area contributed by atoms with Crippen LogP contribution in [0.2, 0.25) is 0 Å². The number of carbonyl (C=O) groups excluding carboxylic acids is 1. The van der Waals surface area contributed by atoms with E-state index in [4.69, 9.17) is 9.15 Å². The number of aromatic nitrogens is 2. The molecule has 0 atom stereocenters. The summed E-state index contributed by atoms with van der Waals surface area (Å²) in [5, 5.41) is 7.20. The number of benzene rings is 1. The molecular weight excluding hydrogens is 272 g/mol. The minimum absolute atomic E-state index is 0.0610. The fourth-order valence-electron chi connectivity index (χ4n) is 2.04. The summed E-state index contributed by atoms with van der Waals surface area (Å²) in [5.74, 6) is -0.660. The zero-order chi connectivity index (χ0) is 14.8. The Labute approximate surface area is 119 Å². The topological polar surface area (TPSA) is 85.2 Å². The Balaban J connectivity index is 2.07. The maximum atomic E-state index is 11.7. The summed E-state index contributed by atoms with van der Waals surface area (Å²) in [6, 6.07) is 8.74. The average Bonchev–Trinajstić information content (AvgIpc) is 2.95. The molecule has 21 heavy (non-hydrogen) atoms. The number of rotatable bonds is 3. The first kappa shape index (κ1) is 13.1. The average molecular weight is 284 g/mol. The predicted molar refractivity (Wildman–Crippen MR) is 76.0 cm³/mol. The van der Waals surface area contributed by atoms with Crippen LogP contribution in [-0.4, -0.2) is 22.8 Å². The summed E-state index contributed by atoms with van der Waals surface area (Å²) in [6.07, 6.45) is 1.60. The van der Waals surface area contributed by atoms with Gasteiger partial charge in [0.25, 0.3) is 5.56 Å². The lowest BCUT2D eigenvalue weighted by Crippen LogP contribution is -2.21. The van der Waals surface area contributed by atoms with Gasteiger partial charge in [0.15, 0.2) is 0 Å². The third kappa shape index (κ3) is 2.43. The van der Waals surface area contributed by atoms with Gasteiger partial charge < -0.3 is 9.15 Å². The Morgan fingerprint density at radius 2 is 2.19 bits per heavy atom. The number of furan rings is 1. The summed E-state index contributed by atoms with van der Waals surface area (Å²) < 4.78 is 10.1. The van der Waals surface area contributed by atoms with Gasteiger partial charge in [0.1, 0.15) is 11.1 Å². The van der Waals surface area contributed by atoms with E-state index in [9.17, 15) is 9.59 Å². The molecule has 0 aliphatic rings. The first-order valence-corrected chi connectivity index (χ1v) is 6.43. The number of hydrogen-bond donors (Lipinski definition) is 1. The second-order valence-corrected chi connectivity index (χ2v) is 4.39. The van der Waals surface area contributed by atoms with Crippen LogP contribution < -0.4 is 5.56 Å². The molecule has 0 radical (unpaired) electrons. The van der Waals surface area contributed by atoms with E-state index in [1.165, 1.54) is 6.07 Å². The highest BCUT2D eigenvalue weighted by Gasteiger charge is 2.14. The van der Waals surface area contributed by atoms with Gasteiger partial charge in [0.2, 0.25) is 0 Å². The Morgan fingerprint density at radius 1 is 1.33 bits per heavy atom. The molecule has 6 heteroatoms. The maximum Gasteiger partial charge on any atom is 0.343 e. The summed E-state index contributed by atoms with van der Waals surface area (Å²) in [4.78, 5) is 23.4. The van der Waals surface area contributed by atoms with E-state index in [0.717, 1.165) is 16.5 Å².